The maximum atomic E-state index is 12.0. The van der Waals surface area contributed by atoms with Gasteiger partial charge in [-0.25, -0.2) is 4.79 Å². The third-order valence-electron chi connectivity index (χ3n) is 2.52. The number of ketones is 1. The third kappa shape index (κ3) is 3.73. The largest absolute Gasteiger partial charge is 0.477 e. The summed E-state index contributed by atoms with van der Waals surface area (Å²) in [4.78, 5) is 23.1. The van der Waals surface area contributed by atoms with Gasteiger partial charge in [0.2, 0.25) is 0 Å². The van der Waals surface area contributed by atoms with Crippen molar-refractivity contribution in [1.29, 1.82) is 0 Å². The molecule has 0 spiro atoms. The number of benzene rings is 1. The van der Waals surface area contributed by atoms with Crippen LogP contribution in [0.5, 0.6) is 0 Å². The summed E-state index contributed by atoms with van der Waals surface area (Å²) >= 11 is 0. The number of Topliss-reactive ketones (excluding diaryl/α,β-unsaturated/α-hetero) is 1. The van der Waals surface area contributed by atoms with Crippen LogP contribution in [0.15, 0.2) is 41.6 Å². The van der Waals surface area contributed by atoms with Gasteiger partial charge in [-0.3, -0.25) is 4.79 Å². The van der Waals surface area contributed by atoms with Gasteiger partial charge >= 0.3 is 5.97 Å². The van der Waals surface area contributed by atoms with Gasteiger partial charge in [0.1, 0.15) is 5.57 Å². The Morgan fingerprint density at radius 3 is 2.33 bits per heavy atom. The van der Waals surface area contributed by atoms with Crippen LogP contribution < -0.4 is 5.32 Å². The van der Waals surface area contributed by atoms with Crippen LogP contribution in [0, 0.1) is 0 Å². The summed E-state index contributed by atoms with van der Waals surface area (Å²) < 4.78 is 0. The molecule has 0 heterocycles. The molecule has 0 fully saturated rings. The highest BCUT2D eigenvalue weighted by Gasteiger charge is 2.20. The standard InChI is InChI=1S/C14H17NO3/c1-3-15-10(2)13(14(17)18)12(16)9-11-7-5-4-6-8-11/h4-8,15H,3,9H2,1-2H3,(H,17,18). The second kappa shape index (κ2) is 6.59. The summed E-state index contributed by atoms with van der Waals surface area (Å²) in [7, 11) is 0. The highest BCUT2D eigenvalue weighted by atomic mass is 16.4. The first-order valence-corrected chi connectivity index (χ1v) is 5.81. The fourth-order valence-electron chi connectivity index (χ4n) is 1.71. The highest BCUT2D eigenvalue weighted by molar-refractivity contribution is 6.17. The second-order valence-corrected chi connectivity index (χ2v) is 3.92. The predicted octanol–water partition coefficient (Wildman–Crippen LogP) is 1.77. The highest BCUT2D eigenvalue weighted by Crippen LogP contribution is 2.09. The van der Waals surface area contributed by atoms with E-state index in [1.165, 1.54) is 0 Å². The molecule has 0 radical (unpaired) electrons. The number of hydrogen-bond acceptors (Lipinski definition) is 3. The number of carbonyl (C=O) groups excluding carboxylic acids is 1. The SMILES string of the molecule is CCNC(C)=C(C(=O)O)C(=O)Cc1ccccc1. The van der Waals surface area contributed by atoms with Crippen molar-refractivity contribution in [3.63, 3.8) is 0 Å². The Morgan fingerprint density at radius 1 is 1.22 bits per heavy atom. The lowest BCUT2D eigenvalue weighted by atomic mass is 10.0. The van der Waals surface area contributed by atoms with Gasteiger partial charge in [0, 0.05) is 18.7 Å². The first-order chi connectivity index (χ1) is 8.56. The molecular weight excluding hydrogens is 230 g/mol. The minimum absolute atomic E-state index is 0.102. The Labute approximate surface area is 106 Å². The molecule has 0 aromatic heterocycles. The van der Waals surface area contributed by atoms with Crippen LogP contribution in [0.25, 0.3) is 0 Å². The molecule has 1 aromatic rings. The lowest BCUT2D eigenvalue weighted by molar-refractivity contribution is -0.134. The number of carboxylic acids is 1. The van der Waals surface area contributed by atoms with E-state index in [1.54, 1.807) is 19.1 Å². The maximum absolute atomic E-state index is 12.0. The summed E-state index contributed by atoms with van der Waals surface area (Å²) in [5, 5.41) is 12.0. The van der Waals surface area contributed by atoms with E-state index in [9.17, 15) is 9.59 Å². The first-order valence-electron chi connectivity index (χ1n) is 5.81. The molecule has 96 valence electrons. The predicted molar refractivity (Wildman–Crippen MR) is 69.2 cm³/mol. The molecule has 0 atom stereocenters. The van der Waals surface area contributed by atoms with Crippen molar-refractivity contribution in [1.82, 2.24) is 5.32 Å². The smallest absolute Gasteiger partial charge is 0.341 e. The van der Waals surface area contributed by atoms with E-state index in [0.29, 0.717) is 12.2 Å². The molecule has 4 heteroatoms. The average Bonchev–Trinajstić information content (AvgIpc) is 2.30. The van der Waals surface area contributed by atoms with Gasteiger partial charge in [0.25, 0.3) is 0 Å². The van der Waals surface area contributed by atoms with E-state index in [1.807, 2.05) is 25.1 Å². The van der Waals surface area contributed by atoms with Gasteiger partial charge in [-0.05, 0) is 19.4 Å². The monoisotopic (exact) mass is 247 g/mol. The normalized spacial score (nSPS) is 11.7. The van der Waals surface area contributed by atoms with Crippen LogP contribution in [0.3, 0.4) is 0 Å². The van der Waals surface area contributed by atoms with Crippen LogP contribution in [0.4, 0.5) is 0 Å². The van der Waals surface area contributed by atoms with Crippen molar-refractivity contribution in [3.05, 3.63) is 47.2 Å². The molecule has 0 amide bonds. The number of carboxylic acid groups (broad SMARTS) is 1. The van der Waals surface area contributed by atoms with Crippen molar-refractivity contribution in [2.45, 2.75) is 20.3 Å². The summed E-state index contributed by atoms with van der Waals surface area (Å²) in [5.74, 6) is -1.57. The molecule has 0 saturated heterocycles. The van der Waals surface area contributed by atoms with E-state index in [2.05, 4.69) is 5.32 Å². The molecule has 0 saturated carbocycles. The second-order valence-electron chi connectivity index (χ2n) is 3.92. The third-order valence-corrected chi connectivity index (χ3v) is 2.52. The topological polar surface area (TPSA) is 66.4 Å². The van der Waals surface area contributed by atoms with E-state index in [-0.39, 0.29) is 17.8 Å². The van der Waals surface area contributed by atoms with Crippen LogP contribution in [0.1, 0.15) is 19.4 Å². The molecule has 0 aliphatic carbocycles. The molecular formula is C14H17NO3. The van der Waals surface area contributed by atoms with Crippen molar-refractivity contribution >= 4 is 11.8 Å². The summed E-state index contributed by atoms with van der Waals surface area (Å²) in [6, 6.07) is 9.11. The van der Waals surface area contributed by atoms with Crippen molar-refractivity contribution in [2.24, 2.45) is 0 Å². The van der Waals surface area contributed by atoms with E-state index >= 15 is 0 Å². The van der Waals surface area contributed by atoms with E-state index in [4.69, 9.17) is 5.11 Å². The Bertz CT molecular complexity index is 463. The summed E-state index contributed by atoms with van der Waals surface area (Å²) in [5.41, 5.74) is 1.05. The molecule has 18 heavy (non-hydrogen) atoms. The molecule has 0 aliphatic heterocycles. The minimum atomic E-state index is -1.19. The van der Waals surface area contributed by atoms with Gasteiger partial charge in [-0.2, -0.15) is 0 Å². The minimum Gasteiger partial charge on any atom is -0.477 e. The Kier molecular flexibility index (Phi) is 5.11. The molecule has 1 rings (SSSR count). The van der Waals surface area contributed by atoms with Crippen LogP contribution >= 0.6 is 0 Å². The fourth-order valence-corrected chi connectivity index (χ4v) is 1.71. The Hall–Kier alpha value is -2.10. The molecule has 0 bridgehead atoms. The van der Waals surface area contributed by atoms with Gasteiger partial charge in [0.15, 0.2) is 5.78 Å². The molecule has 0 unspecified atom stereocenters. The summed E-state index contributed by atoms with van der Waals surface area (Å²) in [6.45, 7) is 4.04. The van der Waals surface area contributed by atoms with Crippen LogP contribution in [0.2, 0.25) is 0 Å². The number of rotatable bonds is 6. The van der Waals surface area contributed by atoms with Gasteiger partial charge in [-0.1, -0.05) is 30.3 Å². The van der Waals surface area contributed by atoms with Crippen molar-refractivity contribution < 1.29 is 14.7 Å². The number of nitrogens with one attached hydrogen (secondary N) is 1. The zero-order valence-electron chi connectivity index (χ0n) is 10.6. The quantitative estimate of drug-likeness (QED) is 0.457. The van der Waals surface area contributed by atoms with Gasteiger partial charge in [-0.15, -0.1) is 0 Å². The fraction of sp³-hybridized carbons (Fsp3) is 0.286. The van der Waals surface area contributed by atoms with E-state index < -0.39 is 5.97 Å². The van der Waals surface area contributed by atoms with Crippen molar-refractivity contribution in [2.75, 3.05) is 6.54 Å². The molecule has 1 aromatic carbocycles. The lowest BCUT2D eigenvalue weighted by Crippen LogP contribution is -2.22. The average molecular weight is 247 g/mol. The van der Waals surface area contributed by atoms with Gasteiger partial charge < -0.3 is 10.4 Å². The van der Waals surface area contributed by atoms with E-state index in [0.717, 1.165) is 5.56 Å². The zero-order valence-corrected chi connectivity index (χ0v) is 10.6. The number of carbonyl (C=O) groups is 2. The number of allylic oxidation sites excluding steroid dienone is 1. The Morgan fingerprint density at radius 2 is 1.83 bits per heavy atom. The number of aliphatic carboxylic acids is 1. The van der Waals surface area contributed by atoms with Crippen LogP contribution in [-0.2, 0) is 16.0 Å². The molecule has 0 aliphatic rings. The Balaban J connectivity index is 2.92. The lowest BCUT2D eigenvalue weighted by Gasteiger charge is -2.08. The first kappa shape index (κ1) is 14.0. The maximum Gasteiger partial charge on any atom is 0.341 e. The van der Waals surface area contributed by atoms with Crippen LogP contribution in [-0.4, -0.2) is 23.4 Å². The molecule has 2 N–H and O–H groups in total. The summed E-state index contributed by atoms with van der Waals surface area (Å²) in [6.07, 6.45) is 0.102. The zero-order chi connectivity index (χ0) is 13.5. The number of hydrogen-bond donors (Lipinski definition) is 2. The van der Waals surface area contributed by atoms with Gasteiger partial charge in [0.05, 0.1) is 0 Å². The van der Waals surface area contributed by atoms with Crippen molar-refractivity contribution in [3.8, 4) is 0 Å². The molecule has 4 nitrogen and oxygen atoms in total.